The summed E-state index contributed by atoms with van der Waals surface area (Å²) in [5.41, 5.74) is 2.81. The van der Waals surface area contributed by atoms with E-state index in [0.29, 0.717) is 5.02 Å². The number of aromatic nitrogens is 3. The molecule has 4 rings (SSSR count). The zero-order valence-corrected chi connectivity index (χ0v) is 13.5. The molecule has 3 aromatic heterocycles. The second-order valence-corrected chi connectivity index (χ2v) is 6.17. The third kappa shape index (κ3) is 2.76. The lowest BCUT2D eigenvalue weighted by Gasteiger charge is -2.00. The van der Waals surface area contributed by atoms with Crippen LogP contribution in [0.1, 0.15) is 5.69 Å². The lowest BCUT2D eigenvalue weighted by molar-refractivity contribution is 1.16. The number of aliphatic imine (C=N–C) groups is 1. The van der Waals surface area contributed by atoms with E-state index in [1.165, 1.54) is 11.3 Å². The molecule has 0 aliphatic heterocycles. The van der Waals surface area contributed by atoms with Crippen LogP contribution in [-0.4, -0.2) is 20.6 Å². The highest BCUT2D eigenvalue weighted by atomic mass is 35.5. The second kappa shape index (κ2) is 5.95. The zero-order valence-electron chi connectivity index (χ0n) is 11.9. The Kier molecular flexibility index (Phi) is 3.65. The Hall–Kier alpha value is -2.50. The Morgan fingerprint density at radius 1 is 1.13 bits per heavy atom. The Bertz CT molecular complexity index is 972. The average molecular weight is 339 g/mol. The molecule has 0 amide bonds. The van der Waals surface area contributed by atoms with Gasteiger partial charge in [0, 0.05) is 28.4 Å². The molecule has 0 aliphatic rings. The maximum atomic E-state index is 5.98. The van der Waals surface area contributed by atoms with Gasteiger partial charge in [0.05, 0.1) is 11.7 Å². The molecule has 0 unspecified atom stereocenters. The van der Waals surface area contributed by atoms with Crippen LogP contribution in [0, 0.1) is 0 Å². The summed E-state index contributed by atoms with van der Waals surface area (Å²) in [4.78, 5) is 13.3. The molecule has 0 saturated heterocycles. The SMILES string of the molecule is Clc1ccc(-c2nc(C=Nc3nccs3)c3ccccn23)cc1. The average Bonchev–Trinajstić information content (AvgIpc) is 3.21. The summed E-state index contributed by atoms with van der Waals surface area (Å²) in [5.74, 6) is 0.859. The van der Waals surface area contributed by atoms with Crippen LogP contribution in [0.5, 0.6) is 0 Å². The number of pyridine rings is 1. The number of hydrogen-bond acceptors (Lipinski definition) is 4. The van der Waals surface area contributed by atoms with Gasteiger partial charge in [0.1, 0.15) is 11.5 Å². The quantitative estimate of drug-likeness (QED) is 0.500. The fourth-order valence-corrected chi connectivity index (χ4v) is 2.96. The third-order valence-corrected chi connectivity index (χ3v) is 4.33. The summed E-state index contributed by atoms with van der Waals surface area (Å²) < 4.78 is 2.05. The Morgan fingerprint density at radius 2 is 2.00 bits per heavy atom. The van der Waals surface area contributed by atoms with Crippen molar-refractivity contribution >= 4 is 39.8 Å². The van der Waals surface area contributed by atoms with Gasteiger partial charge in [0.15, 0.2) is 0 Å². The first-order valence-corrected chi connectivity index (χ1v) is 8.23. The van der Waals surface area contributed by atoms with E-state index in [4.69, 9.17) is 16.6 Å². The topological polar surface area (TPSA) is 42.5 Å². The van der Waals surface area contributed by atoms with Gasteiger partial charge >= 0.3 is 0 Å². The highest BCUT2D eigenvalue weighted by Crippen LogP contribution is 2.24. The molecular weight excluding hydrogens is 328 g/mol. The number of benzene rings is 1. The fraction of sp³-hybridized carbons (Fsp3) is 0. The monoisotopic (exact) mass is 338 g/mol. The Labute approximate surface area is 141 Å². The van der Waals surface area contributed by atoms with Crippen LogP contribution >= 0.6 is 22.9 Å². The first-order chi connectivity index (χ1) is 11.3. The van der Waals surface area contributed by atoms with Crippen molar-refractivity contribution < 1.29 is 0 Å². The van der Waals surface area contributed by atoms with Gasteiger partial charge in [-0.2, -0.15) is 0 Å². The van der Waals surface area contributed by atoms with Gasteiger partial charge in [0.25, 0.3) is 0 Å². The van der Waals surface area contributed by atoms with E-state index in [2.05, 4.69) is 9.98 Å². The van der Waals surface area contributed by atoms with Crippen molar-refractivity contribution in [2.24, 2.45) is 4.99 Å². The number of nitrogens with zero attached hydrogens (tertiary/aromatic N) is 4. The van der Waals surface area contributed by atoms with Crippen molar-refractivity contribution in [1.82, 2.24) is 14.4 Å². The van der Waals surface area contributed by atoms with Crippen molar-refractivity contribution in [2.45, 2.75) is 0 Å². The summed E-state index contributed by atoms with van der Waals surface area (Å²) >= 11 is 7.47. The lowest BCUT2D eigenvalue weighted by Crippen LogP contribution is -1.87. The number of thiazole rings is 1. The second-order valence-electron chi connectivity index (χ2n) is 4.86. The van der Waals surface area contributed by atoms with Gasteiger partial charge in [-0.05, 0) is 36.4 Å². The molecule has 4 nitrogen and oxygen atoms in total. The number of hydrogen-bond donors (Lipinski definition) is 0. The first-order valence-electron chi connectivity index (χ1n) is 6.98. The molecule has 6 heteroatoms. The molecule has 23 heavy (non-hydrogen) atoms. The van der Waals surface area contributed by atoms with Crippen LogP contribution in [0.25, 0.3) is 16.9 Å². The maximum absolute atomic E-state index is 5.98. The van der Waals surface area contributed by atoms with E-state index in [9.17, 15) is 0 Å². The van der Waals surface area contributed by atoms with Crippen LogP contribution in [0.3, 0.4) is 0 Å². The van der Waals surface area contributed by atoms with Crippen molar-refractivity contribution in [3.05, 3.63) is 71.0 Å². The highest BCUT2D eigenvalue weighted by molar-refractivity contribution is 7.13. The molecule has 0 saturated carbocycles. The van der Waals surface area contributed by atoms with Crippen LogP contribution in [0.15, 0.2) is 65.2 Å². The number of fused-ring (bicyclic) bond motifs is 1. The molecule has 112 valence electrons. The first kappa shape index (κ1) is 14.1. The van der Waals surface area contributed by atoms with Gasteiger partial charge in [0.2, 0.25) is 5.13 Å². The van der Waals surface area contributed by atoms with Gasteiger partial charge in [-0.1, -0.05) is 17.7 Å². The highest BCUT2D eigenvalue weighted by Gasteiger charge is 2.11. The van der Waals surface area contributed by atoms with Gasteiger partial charge < -0.3 is 0 Å². The number of halogens is 1. The molecule has 0 spiro atoms. The van der Waals surface area contributed by atoms with E-state index in [-0.39, 0.29) is 0 Å². The van der Waals surface area contributed by atoms with Gasteiger partial charge in [-0.25, -0.2) is 15.0 Å². The fourth-order valence-electron chi connectivity index (χ4n) is 2.36. The normalized spacial score (nSPS) is 11.5. The largest absolute Gasteiger partial charge is 0.299 e. The lowest BCUT2D eigenvalue weighted by atomic mass is 10.2. The molecular formula is C17H11ClN4S. The summed E-state index contributed by atoms with van der Waals surface area (Å²) in [6, 6.07) is 13.7. The molecule has 1 aromatic carbocycles. The van der Waals surface area contributed by atoms with Crippen molar-refractivity contribution in [1.29, 1.82) is 0 Å². The molecule has 0 fully saturated rings. The van der Waals surface area contributed by atoms with E-state index < -0.39 is 0 Å². The summed E-state index contributed by atoms with van der Waals surface area (Å²) in [5, 5.41) is 3.33. The van der Waals surface area contributed by atoms with Crippen LogP contribution in [-0.2, 0) is 0 Å². The summed E-state index contributed by atoms with van der Waals surface area (Å²) in [7, 11) is 0. The van der Waals surface area contributed by atoms with Gasteiger partial charge in [-0.3, -0.25) is 4.40 Å². The van der Waals surface area contributed by atoms with E-state index in [1.54, 1.807) is 12.4 Å². The third-order valence-electron chi connectivity index (χ3n) is 3.40. The molecule has 0 aliphatic carbocycles. The van der Waals surface area contributed by atoms with Crippen LogP contribution in [0.4, 0.5) is 5.13 Å². The minimum Gasteiger partial charge on any atom is -0.299 e. The number of rotatable bonds is 3. The van der Waals surface area contributed by atoms with Gasteiger partial charge in [-0.15, -0.1) is 11.3 Å². The predicted octanol–water partition coefficient (Wildman–Crippen LogP) is 4.86. The summed E-state index contributed by atoms with van der Waals surface area (Å²) in [6.45, 7) is 0. The molecule has 0 N–H and O–H groups in total. The van der Waals surface area contributed by atoms with Crippen LogP contribution in [0.2, 0.25) is 5.02 Å². The zero-order chi connectivity index (χ0) is 15.6. The molecule has 0 bridgehead atoms. The van der Waals surface area contributed by atoms with Crippen molar-refractivity contribution in [3.8, 4) is 11.4 Å². The smallest absolute Gasteiger partial charge is 0.209 e. The van der Waals surface area contributed by atoms with E-state index >= 15 is 0 Å². The van der Waals surface area contributed by atoms with Crippen LogP contribution < -0.4 is 0 Å². The van der Waals surface area contributed by atoms with E-state index in [0.717, 1.165) is 27.7 Å². The molecule has 0 radical (unpaired) electrons. The molecule has 4 aromatic rings. The minimum absolute atomic E-state index is 0.708. The predicted molar refractivity (Wildman–Crippen MR) is 95.0 cm³/mol. The summed E-state index contributed by atoms with van der Waals surface area (Å²) in [6.07, 6.45) is 5.49. The number of imidazole rings is 1. The molecule has 3 heterocycles. The van der Waals surface area contributed by atoms with Crippen molar-refractivity contribution in [2.75, 3.05) is 0 Å². The molecule has 0 atom stereocenters. The Balaban J connectivity index is 1.84. The van der Waals surface area contributed by atoms with Crippen molar-refractivity contribution in [3.63, 3.8) is 0 Å². The maximum Gasteiger partial charge on any atom is 0.209 e. The standard InChI is InChI=1S/C17H11ClN4S/c18-13-6-4-12(5-7-13)16-21-14(11-20-17-19-8-10-23-17)15-3-1-2-9-22(15)16/h1-11H. The minimum atomic E-state index is 0.708. The Morgan fingerprint density at radius 3 is 2.78 bits per heavy atom. The van der Waals surface area contributed by atoms with E-state index in [1.807, 2.05) is 58.4 Å².